The number of carbonyl (C=O) groups is 1. The fourth-order valence-corrected chi connectivity index (χ4v) is 2.72. The second-order valence-electron chi connectivity index (χ2n) is 4.44. The second kappa shape index (κ2) is 8.11. The molecule has 4 nitrogen and oxygen atoms in total. The molecular weight excluding hydrogens is 296 g/mol. The molecule has 0 spiro atoms. The van der Waals surface area contributed by atoms with Crippen LogP contribution in [-0.2, 0) is 0 Å². The van der Waals surface area contributed by atoms with Gasteiger partial charge in [-0.1, -0.05) is 18.2 Å². The number of ether oxygens (including phenoxy) is 1. The lowest BCUT2D eigenvalue weighted by atomic mass is 10.2. The van der Waals surface area contributed by atoms with Gasteiger partial charge in [0.15, 0.2) is 0 Å². The van der Waals surface area contributed by atoms with Crippen molar-refractivity contribution < 1.29 is 9.53 Å². The molecule has 0 atom stereocenters. The summed E-state index contributed by atoms with van der Waals surface area (Å²) in [4.78, 5) is 13.3. The van der Waals surface area contributed by atoms with Gasteiger partial charge >= 0.3 is 0 Å². The highest BCUT2D eigenvalue weighted by Crippen LogP contribution is 2.28. The molecule has 1 amide bonds. The lowest BCUT2D eigenvalue weighted by molar-refractivity contribution is 0.102. The molecule has 5 heteroatoms. The minimum Gasteiger partial charge on any atom is -0.497 e. The van der Waals surface area contributed by atoms with Crippen LogP contribution in [0.25, 0.3) is 0 Å². The van der Waals surface area contributed by atoms with Gasteiger partial charge in [-0.3, -0.25) is 4.79 Å². The van der Waals surface area contributed by atoms with Crippen LogP contribution in [-0.4, -0.2) is 18.8 Å². The zero-order valence-electron chi connectivity index (χ0n) is 12.2. The topological polar surface area (TPSA) is 62.1 Å². The van der Waals surface area contributed by atoms with Crippen LogP contribution in [0.2, 0.25) is 0 Å². The first kappa shape index (κ1) is 15.9. The second-order valence-corrected chi connectivity index (χ2v) is 5.58. The van der Waals surface area contributed by atoms with Gasteiger partial charge in [0.25, 0.3) is 5.91 Å². The van der Waals surface area contributed by atoms with Crippen molar-refractivity contribution in [1.29, 1.82) is 5.26 Å². The van der Waals surface area contributed by atoms with E-state index in [9.17, 15) is 4.79 Å². The lowest BCUT2D eigenvalue weighted by Crippen LogP contribution is -2.12. The van der Waals surface area contributed by atoms with Crippen LogP contribution < -0.4 is 10.1 Å². The van der Waals surface area contributed by atoms with Gasteiger partial charge < -0.3 is 10.1 Å². The highest BCUT2D eigenvalue weighted by Gasteiger charge is 2.10. The van der Waals surface area contributed by atoms with Crippen molar-refractivity contribution >= 4 is 23.4 Å². The van der Waals surface area contributed by atoms with E-state index in [1.807, 2.05) is 24.3 Å². The van der Waals surface area contributed by atoms with Crippen LogP contribution in [0.1, 0.15) is 16.8 Å². The fraction of sp³-hybridized carbons (Fsp3) is 0.176. The van der Waals surface area contributed by atoms with Crippen LogP contribution in [0.4, 0.5) is 5.69 Å². The Bertz CT molecular complexity index is 695. The largest absolute Gasteiger partial charge is 0.497 e. The summed E-state index contributed by atoms with van der Waals surface area (Å²) in [5.74, 6) is 1.15. The number of hydrogen-bond donors (Lipinski definition) is 1. The van der Waals surface area contributed by atoms with E-state index in [-0.39, 0.29) is 5.91 Å². The van der Waals surface area contributed by atoms with Crippen molar-refractivity contribution in [2.24, 2.45) is 0 Å². The number of methoxy groups -OCH3 is 1. The highest BCUT2D eigenvalue weighted by atomic mass is 32.2. The van der Waals surface area contributed by atoms with Crippen molar-refractivity contribution in [3.8, 4) is 11.8 Å². The molecule has 0 aromatic heterocycles. The van der Waals surface area contributed by atoms with Gasteiger partial charge in [-0.15, -0.1) is 11.8 Å². The van der Waals surface area contributed by atoms with Crippen molar-refractivity contribution in [3.05, 3.63) is 54.1 Å². The fourth-order valence-electron chi connectivity index (χ4n) is 1.86. The predicted molar refractivity (Wildman–Crippen MR) is 88.3 cm³/mol. The molecule has 0 saturated heterocycles. The third kappa shape index (κ3) is 4.27. The van der Waals surface area contributed by atoms with E-state index >= 15 is 0 Å². The SMILES string of the molecule is COc1cccc(C(=O)Nc2ccccc2SCCC#N)c1. The van der Waals surface area contributed by atoms with E-state index < -0.39 is 0 Å². The summed E-state index contributed by atoms with van der Waals surface area (Å²) in [6, 6.07) is 16.7. The molecule has 0 heterocycles. The Morgan fingerprint density at radius 1 is 1.27 bits per heavy atom. The zero-order valence-corrected chi connectivity index (χ0v) is 13.0. The minimum atomic E-state index is -0.188. The van der Waals surface area contributed by atoms with Crippen LogP contribution >= 0.6 is 11.8 Å². The highest BCUT2D eigenvalue weighted by molar-refractivity contribution is 7.99. The van der Waals surface area contributed by atoms with Crippen molar-refractivity contribution in [2.75, 3.05) is 18.2 Å². The van der Waals surface area contributed by atoms with Gasteiger partial charge in [-0.25, -0.2) is 0 Å². The summed E-state index contributed by atoms with van der Waals surface area (Å²) in [6.45, 7) is 0. The molecule has 0 unspecified atom stereocenters. The van der Waals surface area contributed by atoms with Crippen LogP contribution in [0, 0.1) is 11.3 Å². The monoisotopic (exact) mass is 312 g/mol. The molecule has 2 aromatic rings. The maximum absolute atomic E-state index is 12.3. The number of hydrogen-bond acceptors (Lipinski definition) is 4. The number of nitrogens with one attached hydrogen (secondary N) is 1. The predicted octanol–water partition coefficient (Wildman–Crippen LogP) is 3.95. The Kier molecular flexibility index (Phi) is 5.87. The molecular formula is C17H16N2O2S. The van der Waals surface area contributed by atoms with Crippen LogP contribution in [0.5, 0.6) is 5.75 Å². The third-order valence-corrected chi connectivity index (χ3v) is 4.01. The molecule has 0 aliphatic heterocycles. The smallest absolute Gasteiger partial charge is 0.255 e. The Hall–Kier alpha value is -2.45. The van der Waals surface area contributed by atoms with Crippen LogP contribution in [0.15, 0.2) is 53.4 Å². The van der Waals surface area contributed by atoms with Gasteiger partial charge in [0.05, 0.1) is 18.9 Å². The molecule has 112 valence electrons. The van der Waals surface area contributed by atoms with Gasteiger partial charge in [0.2, 0.25) is 0 Å². The quantitative estimate of drug-likeness (QED) is 0.648. The Labute approximate surface area is 134 Å². The molecule has 0 bridgehead atoms. The Balaban J connectivity index is 2.12. The number of anilines is 1. The lowest BCUT2D eigenvalue weighted by Gasteiger charge is -2.10. The molecule has 0 saturated carbocycles. The molecule has 2 rings (SSSR count). The van der Waals surface area contributed by atoms with E-state index in [2.05, 4.69) is 11.4 Å². The van der Waals surface area contributed by atoms with E-state index in [4.69, 9.17) is 10.00 Å². The molecule has 0 aliphatic rings. The number of rotatable bonds is 6. The van der Waals surface area contributed by atoms with Crippen LogP contribution in [0.3, 0.4) is 0 Å². The average molecular weight is 312 g/mol. The summed E-state index contributed by atoms with van der Waals surface area (Å²) < 4.78 is 5.13. The van der Waals surface area contributed by atoms with Gasteiger partial charge in [-0.05, 0) is 30.3 Å². The number of thioether (sulfide) groups is 1. The summed E-state index contributed by atoms with van der Waals surface area (Å²) in [5.41, 5.74) is 1.29. The summed E-state index contributed by atoms with van der Waals surface area (Å²) >= 11 is 1.55. The van der Waals surface area contributed by atoms with E-state index in [1.165, 1.54) is 0 Å². The Morgan fingerprint density at radius 2 is 2.09 bits per heavy atom. The maximum atomic E-state index is 12.3. The number of nitriles is 1. The van der Waals surface area contributed by atoms with Crippen molar-refractivity contribution in [3.63, 3.8) is 0 Å². The van der Waals surface area contributed by atoms with Gasteiger partial charge in [0.1, 0.15) is 5.75 Å². The molecule has 1 N–H and O–H groups in total. The summed E-state index contributed by atoms with van der Waals surface area (Å²) in [7, 11) is 1.57. The zero-order chi connectivity index (χ0) is 15.8. The minimum absolute atomic E-state index is 0.188. The normalized spacial score (nSPS) is 9.82. The molecule has 0 radical (unpaired) electrons. The standard InChI is InChI=1S/C17H16N2O2S/c1-21-14-7-4-6-13(12-14)17(20)19-15-8-2-3-9-16(15)22-11-5-10-18/h2-4,6-9,12H,5,11H2,1H3,(H,19,20). The number of benzene rings is 2. The molecule has 0 aliphatic carbocycles. The van der Waals surface area contributed by atoms with Gasteiger partial charge in [0, 0.05) is 22.6 Å². The Morgan fingerprint density at radius 3 is 2.86 bits per heavy atom. The average Bonchev–Trinajstić information content (AvgIpc) is 2.56. The number of carbonyl (C=O) groups excluding carboxylic acids is 1. The number of para-hydroxylation sites is 1. The van der Waals surface area contributed by atoms with E-state index in [1.54, 1.807) is 43.1 Å². The van der Waals surface area contributed by atoms with E-state index in [0.29, 0.717) is 23.5 Å². The first-order valence-corrected chi connectivity index (χ1v) is 7.77. The molecule has 2 aromatic carbocycles. The molecule has 0 fully saturated rings. The van der Waals surface area contributed by atoms with Gasteiger partial charge in [-0.2, -0.15) is 5.26 Å². The number of amides is 1. The number of nitrogens with zero attached hydrogens (tertiary/aromatic N) is 1. The first-order chi connectivity index (χ1) is 10.7. The van der Waals surface area contributed by atoms with E-state index in [0.717, 1.165) is 10.6 Å². The van der Waals surface area contributed by atoms with Crippen molar-refractivity contribution in [1.82, 2.24) is 0 Å². The molecule has 22 heavy (non-hydrogen) atoms. The first-order valence-electron chi connectivity index (χ1n) is 6.79. The maximum Gasteiger partial charge on any atom is 0.255 e. The third-order valence-electron chi connectivity index (χ3n) is 2.94. The summed E-state index contributed by atoms with van der Waals surface area (Å²) in [6.07, 6.45) is 0.475. The summed E-state index contributed by atoms with van der Waals surface area (Å²) in [5, 5.41) is 11.5. The van der Waals surface area contributed by atoms with Crippen molar-refractivity contribution in [2.45, 2.75) is 11.3 Å².